The number of carbonyl (C=O) groups excluding carboxylic acids is 1. The first-order valence-corrected chi connectivity index (χ1v) is 7.30. The standard InChI is InChI=1S/C16H21N3O3/c1-13-17-8-10-19(13)9-2-3-16(21)18-14-4-6-15(7-5-14)22-12-11-20/h4-8,10,20H,2-3,9,11-12H2,1H3,(H,18,21). The number of hydrogen-bond donors (Lipinski definition) is 2. The van der Waals surface area contributed by atoms with E-state index in [2.05, 4.69) is 10.3 Å². The Morgan fingerprint density at radius 2 is 2.14 bits per heavy atom. The molecule has 0 saturated carbocycles. The van der Waals surface area contributed by atoms with Gasteiger partial charge in [-0.25, -0.2) is 4.98 Å². The fourth-order valence-corrected chi connectivity index (χ4v) is 2.07. The molecule has 0 aliphatic carbocycles. The van der Waals surface area contributed by atoms with Gasteiger partial charge in [0.15, 0.2) is 0 Å². The van der Waals surface area contributed by atoms with Gasteiger partial charge in [0.05, 0.1) is 6.61 Å². The average Bonchev–Trinajstić information content (AvgIpc) is 2.92. The number of hydrogen-bond acceptors (Lipinski definition) is 4. The lowest BCUT2D eigenvalue weighted by Gasteiger charge is -2.08. The lowest BCUT2D eigenvalue weighted by atomic mass is 10.2. The van der Waals surface area contributed by atoms with E-state index in [0.717, 1.165) is 24.5 Å². The largest absolute Gasteiger partial charge is 0.491 e. The third kappa shape index (κ3) is 4.89. The second-order valence-corrected chi connectivity index (χ2v) is 4.92. The number of benzene rings is 1. The van der Waals surface area contributed by atoms with Crippen LogP contribution in [0, 0.1) is 6.92 Å². The summed E-state index contributed by atoms with van der Waals surface area (Å²) in [6.07, 6.45) is 4.90. The van der Waals surface area contributed by atoms with Crippen LogP contribution in [0.3, 0.4) is 0 Å². The van der Waals surface area contributed by atoms with Gasteiger partial charge in [-0.3, -0.25) is 4.79 Å². The fraction of sp³-hybridized carbons (Fsp3) is 0.375. The number of nitrogens with one attached hydrogen (secondary N) is 1. The van der Waals surface area contributed by atoms with E-state index >= 15 is 0 Å². The molecule has 2 aromatic rings. The molecule has 0 fully saturated rings. The van der Waals surface area contributed by atoms with Crippen molar-refractivity contribution in [1.29, 1.82) is 0 Å². The molecule has 0 saturated heterocycles. The summed E-state index contributed by atoms with van der Waals surface area (Å²) in [7, 11) is 0. The predicted molar refractivity (Wildman–Crippen MR) is 83.9 cm³/mol. The van der Waals surface area contributed by atoms with Gasteiger partial charge >= 0.3 is 0 Å². The lowest BCUT2D eigenvalue weighted by molar-refractivity contribution is -0.116. The summed E-state index contributed by atoms with van der Waals surface area (Å²) >= 11 is 0. The summed E-state index contributed by atoms with van der Waals surface area (Å²) in [6.45, 7) is 2.97. The monoisotopic (exact) mass is 303 g/mol. The number of nitrogens with zero attached hydrogens (tertiary/aromatic N) is 2. The second kappa shape index (κ2) is 8.19. The molecule has 1 aromatic carbocycles. The number of carbonyl (C=O) groups is 1. The summed E-state index contributed by atoms with van der Waals surface area (Å²) in [5.41, 5.74) is 0.736. The van der Waals surface area contributed by atoms with Crippen molar-refractivity contribution in [3.05, 3.63) is 42.5 Å². The van der Waals surface area contributed by atoms with Crippen LogP contribution in [0.4, 0.5) is 5.69 Å². The number of aliphatic hydroxyl groups is 1. The molecule has 1 heterocycles. The zero-order valence-corrected chi connectivity index (χ0v) is 12.7. The molecule has 2 rings (SSSR count). The first-order chi connectivity index (χ1) is 10.7. The van der Waals surface area contributed by atoms with Crippen molar-refractivity contribution in [2.45, 2.75) is 26.3 Å². The minimum absolute atomic E-state index is 0.0122. The normalized spacial score (nSPS) is 10.5. The highest BCUT2D eigenvalue weighted by molar-refractivity contribution is 5.90. The number of amides is 1. The molecule has 118 valence electrons. The van der Waals surface area contributed by atoms with E-state index in [-0.39, 0.29) is 19.1 Å². The van der Waals surface area contributed by atoms with Gasteiger partial charge in [0.1, 0.15) is 18.2 Å². The van der Waals surface area contributed by atoms with Gasteiger partial charge in [-0.2, -0.15) is 0 Å². The molecule has 0 unspecified atom stereocenters. The number of imidazole rings is 1. The third-order valence-corrected chi connectivity index (χ3v) is 3.22. The van der Waals surface area contributed by atoms with Gasteiger partial charge in [-0.05, 0) is 37.6 Å². The van der Waals surface area contributed by atoms with E-state index in [4.69, 9.17) is 9.84 Å². The maximum atomic E-state index is 11.9. The van der Waals surface area contributed by atoms with Crippen molar-refractivity contribution < 1.29 is 14.6 Å². The summed E-state index contributed by atoms with van der Waals surface area (Å²) in [5, 5.41) is 11.5. The van der Waals surface area contributed by atoms with Gasteiger partial charge in [0.25, 0.3) is 0 Å². The van der Waals surface area contributed by atoms with E-state index in [1.807, 2.05) is 17.7 Å². The Labute approximate surface area is 129 Å². The average molecular weight is 303 g/mol. The van der Waals surface area contributed by atoms with Crippen LogP contribution in [0.5, 0.6) is 5.75 Å². The predicted octanol–water partition coefficient (Wildman–Crippen LogP) is 1.98. The zero-order valence-electron chi connectivity index (χ0n) is 12.7. The van der Waals surface area contributed by atoms with Crippen LogP contribution in [0.2, 0.25) is 0 Å². The smallest absolute Gasteiger partial charge is 0.224 e. The van der Waals surface area contributed by atoms with Gasteiger partial charge in [0, 0.05) is 31.0 Å². The van der Waals surface area contributed by atoms with Gasteiger partial charge in [0.2, 0.25) is 5.91 Å². The number of aryl methyl sites for hydroxylation is 2. The number of anilines is 1. The molecule has 6 heteroatoms. The second-order valence-electron chi connectivity index (χ2n) is 4.92. The van der Waals surface area contributed by atoms with E-state index in [9.17, 15) is 4.79 Å². The Bertz CT molecular complexity index is 593. The van der Waals surface area contributed by atoms with E-state index in [1.54, 1.807) is 30.5 Å². The summed E-state index contributed by atoms with van der Waals surface area (Å²) in [6, 6.07) is 7.09. The highest BCUT2D eigenvalue weighted by atomic mass is 16.5. The summed E-state index contributed by atoms with van der Waals surface area (Å²) in [5.74, 6) is 1.61. The molecule has 2 N–H and O–H groups in total. The minimum atomic E-state index is -0.0190. The maximum absolute atomic E-state index is 11.9. The maximum Gasteiger partial charge on any atom is 0.224 e. The fourth-order valence-electron chi connectivity index (χ4n) is 2.07. The Balaban J connectivity index is 1.73. The van der Waals surface area contributed by atoms with Crippen molar-refractivity contribution in [3.8, 4) is 5.75 Å². The van der Waals surface area contributed by atoms with Crippen LogP contribution in [0.25, 0.3) is 0 Å². The lowest BCUT2D eigenvalue weighted by Crippen LogP contribution is -2.12. The van der Waals surface area contributed by atoms with Crippen molar-refractivity contribution in [2.75, 3.05) is 18.5 Å². The first kappa shape index (κ1) is 16.0. The van der Waals surface area contributed by atoms with Gasteiger partial charge in [-0.1, -0.05) is 0 Å². The minimum Gasteiger partial charge on any atom is -0.491 e. The molecule has 1 aromatic heterocycles. The molecular weight excluding hydrogens is 282 g/mol. The zero-order chi connectivity index (χ0) is 15.8. The molecule has 0 atom stereocenters. The van der Waals surface area contributed by atoms with Crippen LogP contribution in [0.1, 0.15) is 18.7 Å². The summed E-state index contributed by atoms with van der Waals surface area (Å²) < 4.78 is 7.29. The first-order valence-electron chi connectivity index (χ1n) is 7.30. The molecular formula is C16H21N3O3. The number of ether oxygens (including phenoxy) is 1. The van der Waals surface area contributed by atoms with E-state index in [0.29, 0.717) is 12.2 Å². The van der Waals surface area contributed by atoms with Crippen molar-refractivity contribution in [1.82, 2.24) is 9.55 Å². The molecule has 0 aliphatic heterocycles. The molecule has 0 radical (unpaired) electrons. The Kier molecular flexibility index (Phi) is 5.97. The topological polar surface area (TPSA) is 76.4 Å². The molecule has 6 nitrogen and oxygen atoms in total. The van der Waals surface area contributed by atoms with Crippen molar-refractivity contribution in [2.24, 2.45) is 0 Å². The molecule has 1 amide bonds. The van der Waals surface area contributed by atoms with E-state index in [1.165, 1.54) is 0 Å². The van der Waals surface area contributed by atoms with E-state index < -0.39 is 0 Å². The van der Waals surface area contributed by atoms with Gasteiger partial charge in [-0.15, -0.1) is 0 Å². The summed E-state index contributed by atoms with van der Waals surface area (Å²) in [4.78, 5) is 16.0. The third-order valence-electron chi connectivity index (χ3n) is 3.22. The SMILES string of the molecule is Cc1nccn1CCCC(=O)Nc1ccc(OCCO)cc1. The Morgan fingerprint density at radius 1 is 1.36 bits per heavy atom. The van der Waals surface area contributed by atoms with Crippen molar-refractivity contribution in [3.63, 3.8) is 0 Å². The van der Waals surface area contributed by atoms with Crippen LogP contribution in [0.15, 0.2) is 36.7 Å². The highest BCUT2D eigenvalue weighted by Gasteiger charge is 2.04. The Morgan fingerprint density at radius 3 is 2.77 bits per heavy atom. The number of aliphatic hydroxyl groups excluding tert-OH is 1. The van der Waals surface area contributed by atoms with Crippen molar-refractivity contribution >= 4 is 11.6 Å². The van der Waals surface area contributed by atoms with Crippen LogP contribution < -0.4 is 10.1 Å². The van der Waals surface area contributed by atoms with Crippen LogP contribution in [-0.2, 0) is 11.3 Å². The molecule has 0 aliphatic rings. The number of aromatic nitrogens is 2. The Hall–Kier alpha value is -2.34. The molecule has 0 spiro atoms. The number of rotatable bonds is 8. The molecule has 0 bridgehead atoms. The highest BCUT2D eigenvalue weighted by Crippen LogP contribution is 2.16. The van der Waals surface area contributed by atoms with Gasteiger partial charge < -0.3 is 19.7 Å². The molecule has 22 heavy (non-hydrogen) atoms. The van der Waals surface area contributed by atoms with Crippen LogP contribution >= 0.6 is 0 Å². The van der Waals surface area contributed by atoms with Crippen LogP contribution in [-0.4, -0.2) is 33.8 Å². The quantitative estimate of drug-likeness (QED) is 0.782.